The molecule has 3 aromatic rings. The number of amides is 1. The molecular weight excluding hydrogens is 420 g/mol. The number of hydrogen-bond donors (Lipinski definition) is 0. The molecule has 0 aromatic heterocycles. The highest BCUT2D eigenvalue weighted by Gasteiger charge is 2.33. The molecule has 162 valence electrons. The molecule has 4 rings (SSSR count). The average molecular weight is 445 g/mol. The molecular formula is C26H24N2O3S. The van der Waals surface area contributed by atoms with E-state index >= 15 is 0 Å². The summed E-state index contributed by atoms with van der Waals surface area (Å²) < 4.78 is 10.7. The fourth-order valence-corrected chi connectivity index (χ4v) is 4.41. The topological polar surface area (TPSA) is 51.1 Å². The third kappa shape index (κ3) is 5.03. The first-order valence-electron chi connectivity index (χ1n) is 10.3. The maximum absolute atomic E-state index is 13.3. The van der Waals surface area contributed by atoms with E-state index in [0.717, 1.165) is 17.7 Å². The quantitative estimate of drug-likeness (QED) is 0.448. The van der Waals surface area contributed by atoms with Gasteiger partial charge in [-0.3, -0.25) is 9.69 Å². The van der Waals surface area contributed by atoms with Gasteiger partial charge in [-0.1, -0.05) is 54.6 Å². The van der Waals surface area contributed by atoms with Crippen molar-refractivity contribution in [1.29, 1.82) is 0 Å². The van der Waals surface area contributed by atoms with E-state index in [9.17, 15) is 4.79 Å². The monoisotopic (exact) mass is 444 g/mol. The Morgan fingerprint density at radius 3 is 2.28 bits per heavy atom. The minimum Gasteiger partial charge on any atom is -0.493 e. The van der Waals surface area contributed by atoms with Crippen molar-refractivity contribution in [2.24, 2.45) is 4.99 Å². The van der Waals surface area contributed by atoms with Crippen molar-refractivity contribution < 1.29 is 14.3 Å². The molecule has 0 bridgehead atoms. The lowest BCUT2D eigenvalue weighted by Gasteiger charge is -2.15. The Labute approximate surface area is 192 Å². The molecule has 1 heterocycles. The predicted octanol–water partition coefficient (Wildman–Crippen LogP) is 5.55. The number of carbonyl (C=O) groups excluding carboxylic acids is 1. The normalized spacial score (nSPS) is 16.1. The van der Waals surface area contributed by atoms with Crippen molar-refractivity contribution in [2.75, 3.05) is 20.8 Å². The summed E-state index contributed by atoms with van der Waals surface area (Å²) >= 11 is 1.39. The summed E-state index contributed by atoms with van der Waals surface area (Å²) in [5.74, 6) is 1.22. The molecule has 1 amide bonds. The number of ether oxygens (including phenoxy) is 2. The van der Waals surface area contributed by atoms with Crippen LogP contribution < -0.4 is 9.47 Å². The minimum absolute atomic E-state index is 0.0459. The highest BCUT2D eigenvalue weighted by molar-refractivity contribution is 8.18. The Balaban J connectivity index is 1.64. The lowest BCUT2D eigenvalue weighted by atomic mass is 10.1. The lowest BCUT2D eigenvalue weighted by Crippen LogP contribution is -2.31. The number of aliphatic imine (C=N–C) groups is 1. The molecule has 32 heavy (non-hydrogen) atoms. The number of thioether (sulfide) groups is 1. The summed E-state index contributed by atoms with van der Waals surface area (Å²) in [6.45, 7) is 0.560. The van der Waals surface area contributed by atoms with Crippen LogP contribution in [-0.4, -0.2) is 36.7 Å². The van der Waals surface area contributed by atoms with E-state index in [1.165, 1.54) is 17.3 Å². The molecule has 3 aromatic carbocycles. The van der Waals surface area contributed by atoms with Gasteiger partial charge in [0.2, 0.25) is 0 Å². The predicted molar refractivity (Wildman–Crippen MR) is 131 cm³/mol. The van der Waals surface area contributed by atoms with Gasteiger partial charge in [0, 0.05) is 6.54 Å². The van der Waals surface area contributed by atoms with E-state index < -0.39 is 0 Å². The molecule has 6 heteroatoms. The van der Waals surface area contributed by atoms with Crippen LogP contribution in [-0.2, 0) is 11.2 Å². The van der Waals surface area contributed by atoms with Gasteiger partial charge in [-0.25, -0.2) is 4.99 Å². The number of rotatable bonds is 7. The van der Waals surface area contributed by atoms with E-state index in [-0.39, 0.29) is 5.91 Å². The molecule has 0 aliphatic carbocycles. The van der Waals surface area contributed by atoms with Crippen molar-refractivity contribution in [2.45, 2.75) is 6.42 Å². The molecule has 0 N–H and O–H groups in total. The van der Waals surface area contributed by atoms with Gasteiger partial charge in [0.05, 0.1) is 24.8 Å². The van der Waals surface area contributed by atoms with Crippen LogP contribution in [0.25, 0.3) is 6.08 Å². The van der Waals surface area contributed by atoms with E-state index in [0.29, 0.717) is 28.1 Å². The van der Waals surface area contributed by atoms with Crippen LogP contribution in [0.4, 0.5) is 5.69 Å². The van der Waals surface area contributed by atoms with Crippen LogP contribution in [0.15, 0.2) is 88.8 Å². The summed E-state index contributed by atoms with van der Waals surface area (Å²) in [5, 5.41) is 0.684. The van der Waals surface area contributed by atoms with Crippen LogP contribution in [0.1, 0.15) is 11.1 Å². The molecule has 1 saturated heterocycles. The highest BCUT2D eigenvalue weighted by atomic mass is 32.2. The summed E-state index contributed by atoms with van der Waals surface area (Å²) in [7, 11) is 3.20. The SMILES string of the molecule is COc1ccc(/C=C2/SC(=Nc3ccccc3)N(CCc3ccccc3)C2=O)cc1OC. The zero-order valence-corrected chi connectivity index (χ0v) is 18.8. The summed E-state index contributed by atoms with van der Waals surface area (Å²) in [6.07, 6.45) is 2.63. The summed E-state index contributed by atoms with van der Waals surface area (Å²) in [4.78, 5) is 20.4. The number of benzene rings is 3. The largest absolute Gasteiger partial charge is 0.493 e. The molecule has 1 aliphatic heterocycles. The molecule has 0 radical (unpaired) electrons. The number of carbonyl (C=O) groups is 1. The van der Waals surface area contributed by atoms with Gasteiger partial charge >= 0.3 is 0 Å². The third-order valence-electron chi connectivity index (χ3n) is 5.04. The lowest BCUT2D eigenvalue weighted by molar-refractivity contribution is -0.122. The van der Waals surface area contributed by atoms with Crippen molar-refractivity contribution in [3.63, 3.8) is 0 Å². The first kappa shape index (κ1) is 21.7. The second kappa shape index (κ2) is 10.2. The Hall–Kier alpha value is -3.51. The van der Waals surface area contributed by atoms with Crippen molar-refractivity contribution >= 4 is 34.6 Å². The van der Waals surface area contributed by atoms with Gasteiger partial charge in [-0.05, 0) is 59.7 Å². The van der Waals surface area contributed by atoms with Gasteiger partial charge < -0.3 is 9.47 Å². The smallest absolute Gasteiger partial charge is 0.266 e. The first-order valence-corrected chi connectivity index (χ1v) is 11.1. The van der Waals surface area contributed by atoms with Gasteiger partial charge in [-0.2, -0.15) is 0 Å². The van der Waals surface area contributed by atoms with E-state index in [4.69, 9.17) is 14.5 Å². The number of para-hydroxylation sites is 1. The maximum atomic E-state index is 13.3. The van der Waals surface area contributed by atoms with Gasteiger partial charge in [-0.15, -0.1) is 0 Å². The molecule has 0 unspecified atom stereocenters. The molecule has 5 nitrogen and oxygen atoms in total. The molecule has 0 saturated carbocycles. The molecule has 1 aliphatic rings. The fourth-order valence-electron chi connectivity index (χ4n) is 3.38. The van der Waals surface area contributed by atoms with Gasteiger partial charge in [0.15, 0.2) is 16.7 Å². The minimum atomic E-state index is -0.0459. The summed E-state index contributed by atoms with van der Waals surface area (Å²) in [6, 6.07) is 25.5. The Morgan fingerprint density at radius 1 is 0.906 bits per heavy atom. The van der Waals surface area contributed by atoms with Crippen LogP contribution in [0.5, 0.6) is 11.5 Å². The average Bonchev–Trinajstić information content (AvgIpc) is 3.12. The van der Waals surface area contributed by atoms with Gasteiger partial charge in [0.25, 0.3) is 5.91 Å². The number of hydrogen-bond acceptors (Lipinski definition) is 5. The second-order valence-electron chi connectivity index (χ2n) is 7.15. The van der Waals surface area contributed by atoms with Crippen molar-refractivity contribution in [1.82, 2.24) is 4.90 Å². The summed E-state index contributed by atoms with van der Waals surface area (Å²) in [5.41, 5.74) is 2.86. The second-order valence-corrected chi connectivity index (χ2v) is 8.16. The maximum Gasteiger partial charge on any atom is 0.266 e. The first-order chi connectivity index (χ1) is 15.7. The molecule has 1 fully saturated rings. The van der Waals surface area contributed by atoms with E-state index in [1.54, 1.807) is 19.1 Å². The standard InChI is InChI=1S/C26H24N2O3S/c1-30-22-14-13-20(17-23(22)31-2)18-24-25(29)28(16-15-19-9-5-3-6-10-19)26(32-24)27-21-11-7-4-8-12-21/h3-14,17-18H,15-16H2,1-2H3/b24-18+,27-26?. The van der Waals surface area contributed by atoms with Crippen LogP contribution in [0.3, 0.4) is 0 Å². The number of amidine groups is 1. The molecule has 0 atom stereocenters. The Morgan fingerprint density at radius 2 is 1.59 bits per heavy atom. The third-order valence-corrected chi connectivity index (χ3v) is 6.05. The Kier molecular flexibility index (Phi) is 6.92. The van der Waals surface area contributed by atoms with Crippen molar-refractivity contribution in [3.8, 4) is 11.5 Å². The van der Waals surface area contributed by atoms with Crippen LogP contribution in [0, 0.1) is 0 Å². The Bertz CT molecular complexity index is 1140. The van der Waals surface area contributed by atoms with Crippen molar-refractivity contribution in [3.05, 3.63) is 94.9 Å². The zero-order chi connectivity index (χ0) is 22.3. The number of methoxy groups -OCH3 is 2. The van der Waals surface area contributed by atoms with E-state index in [2.05, 4.69) is 12.1 Å². The van der Waals surface area contributed by atoms with Gasteiger partial charge in [0.1, 0.15) is 0 Å². The van der Waals surface area contributed by atoms with Crippen LogP contribution in [0.2, 0.25) is 0 Å². The fraction of sp³-hybridized carbons (Fsp3) is 0.154. The van der Waals surface area contributed by atoms with Crippen LogP contribution >= 0.6 is 11.8 Å². The number of nitrogens with zero attached hydrogens (tertiary/aromatic N) is 2. The highest BCUT2D eigenvalue weighted by Crippen LogP contribution is 2.36. The van der Waals surface area contributed by atoms with E-state index in [1.807, 2.05) is 72.8 Å². The zero-order valence-electron chi connectivity index (χ0n) is 18.0. The molecule has 0 spiro atoms.